The molecule has 0 spiro atoms. The van der Waals surface area contributed by atoms with Crippen LogP contribution >= 0.6 is 11.6 Å². The lowest BCUT2D eigenvalue weighted by atomic mass is 9.92. The maximum absolute atomic E-state index is 11.3. The van der Waals surface area contributed by atoms with Crippen molar-refractivity contribution < 1.29 is 4.92 Å². The number of nitro benzene ring substituents is 1. The van der Waals surface area contributed by atoms with E-state index in [1.807, 2.05) is 12.1 Å². The molecule has 0 radical (unpaired) electrons. The fraction of sp³-hybridized carbons (Fsp3) is 0.174. The first-order chi connectivity index (χ1) is 15.6. The summed E-state index contributed by atoms with van der Waals surface area (Å²) < 4.78 is 0. The first-order valence-corrected chi connectivity index (χ1v) is 10.5. The first-order valence-electron chi connectivity index (χ1n) is 10.1. The maximum Gasteiger partial charge on any atom is 0.270 e. The molecule has 33 heavy (non-hydrogen) atoms. The van der Waals surface area contributed by atoms with Gasteiger partial charge in [0.1, 0.15) is 5.69 Å². The zero-order valence-electron chi connectivity index (χ0n) is 18.3. The number of nitrogens with zero attached hydrogens (tertiary/aromatic N) is 4. The summed E-state index contributed by atoms with van der Waals surface area (Å²) in [7, 11) is 0. The molecule has 9 nitrogen and oxygen atoms in total. The Balaban J connectivity index is 1.86. The summed E-state index contributed by atoms with van der Waals surface area (Å²) in [6, 6.07) is 15.1. The van der Waals surface area contributed by atoms with Crippen LogP contribution < -0.4 is 11.1 Å². The number of nitro groups is 1. The maximum atomic E-state index is 11.3. The van der Waals surface area contributed by atoms with Crippen LogP contribution in [-0.4, -0.2) is 25.1 Å². The van der Waals surface area contributed by atoms with Gasteiger partial charge in [0.25, 0.3) is 5.69 Å². The van der Waals surface area contributed by atoms with Crippen molar-refractivity contribution in [2.24, 2.45) is 0 Å². The number of H-pyrrole nitrogens is 1. The Morgan fingerprint density at radius 1 is 1.06 bits per heavy atom. The fourth-order valence-electron chi connectivity index (χ4n) is 3.20. The highest BCUT2D eigenvalue weighted by Gasteiger charge is 2.20. The molecule has 2 aromatic carbocycles. The van der Waals surface area contributed by atoms with Gasteiger partial charge in [-0.05, 0) is 12.1 Å². The lowest BCUT2D eigenvalue weighted by Crippen LogP contribution is -2.11. The van der Waals surface area contributed by atoms with Crippen LogP contribution in [0, 0.1) is 10.1 Å². The van der Waals surface area contributed by atoms with Crippen molar-refractivity contribution in [1.29, 1.82) is 0 Å². The van der Waals surface area contributed by atoms with Gasteiger partial charge in [-0.15, -0.1) is 0 Å². The molecule has 0 aliphatic heterocycles. The van der Waals surface area contributed by atoms with Gasteiger partial charge >= 0.3 is 0 Å². The van der Waals surface area contributed by atoms with Crippen LogP contribution in [0.4, 0.5) is 23.0 Å². The number of hydrogen-bond acceptors (Lipinski definition) is 7. The number of aromatic nitrogens is 4. The largest absolute Gasteiger partial charge is 0.394 e. The Morgan fingerprint density at radius 3 is 2.45 bits per heavy atom. The second-order valence-corrected chi connectivity index (χ2v) is 8.95. The van der Waals surface area contributed by atoms with Gasteiger partial charge in [-0.1, -0.05) is 56.6 Å². The van der Waals surface area contributed by atoms with E-state index < -0.39 is 4.92 Å². The monoisotopic (exact) mass is 463 g/mol. The molecule has 0 unspecified atom stereocenters. The second-order valence-electron chi connectivity index (χ2n) is 8.52. The third kappa shape index (κ3) is 4.78. The Bertz CT molecular complexity index is 1340. The predicted molar refractivity (Wildman–Crippen MR) is 130 cm³/mol. The van der Waals surface area contributed by atoms with Crippen LogP contribution in [0.1, 0.15) is 26.5 Å². The molecule has 0 fully saturated rings. The van der Waals surface area contributed by atoms with Gasteiger partial charge in [-0.3, -0.25) is 15.2 Å². The molecule has 0 bridgehead atoms. The summed E-state index contributed by atoms with van der Waals surface area (Å²) >= 11 is 6.17. The molecule has 2 aromatic heterocycles. The molecule has 4 rings (SSSR count). The number of benzene rings is 2. The quantitative estimate of drug-likeness (QED) is 0.254. The number of rotatable bonds is 5. The summed E-state index contributed by atoms with van der Waals surface area (Å²) in [5.74, 6) is 1.23. The molecule has 0 saturated heterocycles. The van der Waals surface area contributed by atoms with Crippen LogP contribution in [0.5, 0.6) is 0 Å². The fourth-order valence-corrected chi connectivity index (χ4v) is 3.39. The van der Waals surface area contributed by atoms with Crippen molar-refractivity contribution in [1.82, 2.24) is 20.2 Å². The Labute approximate surface area is 195 Å². The van der Waals surface area contributed by atoms with Gasteiger partial charge in [0.05, 0.1) is 10.6 Å². The van der Waals surface area contributed by atoms with E-state index in [0.29, 0.717) is 39.3 Å². The molecule has 168 valence electrons. The highest BCUT2D eigenvalue weighted by Crippen LogP contribution is 2.35. The van der Waals surface area contributed by atoms with Crippen molar-refractivity contribution in [2.75, 3.05) is 11.1 Å². The molecule has 2 heterocycles. The molecule has 0 aliphatic carbocycles. The number of anilines is 3. The smallest absolute Gasteiger partial charge is 0.270 e. The number of nitrogens with two attached hydrogens (primary N) is 1. The minimum absolute atomic E-state index is 0.0635. The minimum atomic E-state index is -0.463. The highest BCUT2D eigenvalue weighted by molar-refractivity contribution is 6.30. The summed E-state index contributed by atoms with van der Waals surface area (Å²) in [5, 5.41) is 22.3. The van der Waals surface area contributed by atoms with Crippen molar-refractivity contribution in [3.8, 4) is 22.6 Å². The van der Waals surface area contributed by atoms with E-state index in [4.69, 9.17) is 17.3 Å². The van der Waals surface area contributed by atoms with Gasteiger partial charge < -0.3 is 11.1 Å². The first kappa shape index (κ1) is 22.2. The Hall–Kier alpha value is -3.98. The zero-order chi connectivity index (χ0) is 23.8. The predicted octanol–water partition coefficient (Wildman–Crippen LogP) is 5.72. The standard InChI is InChI=1S/C23H22ClN7O2/c1-23(2,3)17-12-18(30-29-17)26-22-19(25)20(13-6-5-9-16(11-13)31(32)33)27-21(28-22)14-7-4-8-15(24)10-14/h4-12H,25H2,1-3H3,(H2,26,27,28,29,30). The Morgan fingerprint density at radius 2 is 1.79 bits per heavy atom. The molecule has 0 atom stereocenters. The molecular weight excluding hydrogens is 442 g/mol. The van der Waals surface area contributed by atoms with Crippen molar-refractivity contribution in [2.45, 2.75) is 26.2 Å². The molecule has 10 heteroatoms. The summed E-state index contributed by atoms with van der Waals surface area (Å²) in [6.07, 6.45) is 0. The van der Waals surface area contributed by atoms with E-state index in [9.17, 15) is 10.1 Å². The number of non-ortho nitro benzene ring substituents is 1. The van der Waals surface area contributed by atoms with Gasteiger partial charge in [-0.25, -0.2) is 9.97 Å². The van der Waals surface area contributed by atoms with Crippen LogP contribution in [0.25, 0.3) is 22.6 Å². The number of hydrogen-bond donors (Lipinski definition) is 3. The van der Waals surface area contributed by atoms with E-state index in [2.05, 4.69) is 46.3 Å². The van der Waals surface area contributed by atoms with E-state index in [1.54, 1.807) is 30.3 Å². The SMILES string of the molecule is CC(C)(C)c1cc(Nc2nc(-c3cccc(Cl)c3)nc(-c3cccc([N+](=O)[O-])c3)c2N)n[nH]1. The van der Waals surface area contributed by atoms with Crippen LogP contribution in [0.2, 0.25) is 5.02 Å². The Kier molecular flexibility index (Phi) is 5.73. The van der Waals surface area contributed by atoms with Crippen molar-refractivity contribution >= 4 is 34.6 Å². The lowest BCUT2D eigenvalue weighted by Gasteiger charge is -2.15. The molecule has 4 aromatic rings. The average Bonchev–Trinajstić information content (AvgIpc) is 3.24. The van der Waals surface area contributed by atoms with E-state index in [0.717, 1.165) is 5.69 Å². The van der Waals surface area contributed by atoms with E-state index >= 15 is 0 Å². The van der Waals surface area contributed by atoms with Crippen LogP contribution in [0.15, 0.2) is 54.6 Å². The van der Waals surface area contributed by atoms with Crippen molar-refractivity contribution in [3.05, 3.63) is 75.4 Å². The zero-order valence-corrected chi connectivity index (χ0v) is 19.0. The van der Waals surface area contributed by atoms with E-state index in [-0.39, 0.29) is 16.8 Å². The van der Waals surface area contributed by atoms with Gasteiger partial charge in [-0.2, -0.15) is 5.10 Å². The normalized spacial score (nSPS) is 11.4. The summed E-state index contributed by atoms with van der Waals surface area (Å²) in [4.78, 5) is 20.0. The molecular formula is C23H22ClN7O2. The van der Waals surface area contributed by atoms with Gasteiger partial charge in [0, 0.05) is 45.5 Å². The van der Waals surface area contributed by atoms with Crippen molar-refractivity contribution in [3.63, 3.8) is 0 Å². The molecule has 0 amide bonds. The van der Waals surface area contributed by atoms with Crippen LogP contribution in [0.3, 0.4) is 0 Å². The summed E-state index contributed by atoms with van der Waals surface area (Å²) in [6.45, 7) is 6.21. The second kappa shape index (κ2) is 8.51. The lowest BCUT2D eigenvalue weighted by molar-refractivity contribution is -0.384. The van der Waals surface area contributed by atoms with E-state index in [1.165, 1.54) is 12.1 Å². The topological polar surface area (TPSA) is 136 Å². The number of aromatic amines is 1. The average molecular weight is 464 g/mol. The number of nitrogens with one attached hydrogen (secondary N) is 2. The molecule has 4 N–H and O–H groups in total. The molecule has 0 aliphatic rings. The highest BCUT2D eigenvalue weighted by atomic mass is 35.5. The molecule has 0 saturated carbocycles. The minimum Gasteiger partial charge on any atom is -0.394 e. The number of halogens is 1. The third-order valence-electron chi connectivity index (χ3n) is 4.99. The van der Waals surface area contributed by atoms with Gasteiger partial charge in [0.15, 0.2) is 17.5 Å². The number of nitrogen functional groups attached to an aromatic ring is 1. The van der Waals surface area contributed by atoms with Crippen LogP contribution in [-0.2, 0) is 5.41 Å². The summed E-state index contributed by atoms with van der Waals surface area (Å²) in [5.41, 5.74) is 8.96. The van der Waals surface area contributed by atoms with Gasteiger partial charge in [0.2, 0.25) is 0 Å². The third-order valence-corrected chi connectivity index (χ3v) is 5.23.